The molecule has 1 aliphatic rings. The van der Waals surface area contributed by atoms with E-state index in [1.54, 1.807) is 0 Å². The molecule has 1 aliphatic carbocycles. The summed E-state index contributed by atoms with van der Waals surface area (Å²) in [6, 6.07) is 7.64. The van der Waals surface area contributed by atoms with E-state index in [1.807, 2.05) is 44.2 Å². The molecule has 5 nitrogen and oxygen atoms in total. The summed E-state index contributed by atoms with van der Waals surface area (Å²) in [6.45, 7) is 10.1. The van der Waals surface area contributed by atoms with Gasteiger partial charge in [-0.2, -0.15) is 0 Å². The zero-order valence-corrected chi connectivity index (χ0v) is 17.4. The highest BCUT2D eigenvalue weighted by Crippen LogP contribution is 2.36. The van der Waals surface area contributed by atoms with E-state index >= 15 is 0 Å². The van der Waals surface area contributed by atoms with Crippen molar-refractivity contribution in [1.29, 1.82) is 0 Å². The summed E-state index contributed by atoms with van der Waals surface area (Å²) < 4.78 is 0. The van der Waals surface area contributed by atoms with Gasteiger partial charge in [-0.3, -0.25) is 4.79 Å². The topological polar surface area (TPSA) is 68.0 Å². The molecule has 0 aliphatic heterocycles. The molecule has 148 valence electrons. The molecule has 2 aromatic rings. The van der Waals surface area contributed by atoms with Crippen molar-refractivity contribution in [1.82, 2.24) is 15.0 Å². The molecule has 0 atom stereocenters. The van der Waals surface area contributed by atoms with Gasteiger partial charge in [0.25, 0.3) is 0 Å². The number of allylic oxidation sites excluding steroid dienone is 5. The van der Waals surface area contributed by atoms with Crippen LogP contribution in [0.4, 0.5) is 0 Å². The zero-order valence-electron chi connectivity index (χ0n) is 17.4. The molecule has 0 saturated heterocycles. The van der Waals surface area contributed by atoms with E-state index in [9.17, 15) is 9.90 Å². The lowest BCUT2D eigenvalue weighted by Crippen LogP contribution is -2.14. The Balaban J connectivity index is 2.05. The van der Waals surface area contributed by atoms with Crippen LogP contribution in [-0.4, -0.2) is 25.9 Å². The number of ketones is 1. The van der Waals surface area contributed by atoms with Crippen LogP contribution in [0.3, 0.4) is 0 Å². The number of aliphatic hydroxyl groups is 1. The molecule has 5 heteroatoms. The largest absolute Gasteiger partial charge is 0.505 e. The quantitative estimate of drug-likeness (QED) is 0.748. The Morgan fingerprint density at radius 3 is 2.32 bits per heavy atom. The Morgan fingerprint density at radius 2 is 1.79 bits per heavy atom. The third-order valence-electron chi connectivity index (χ3n) is 5.05. The number of hydrogen-bond acceptors (Lipinski definition) is 4. The Kier molecular flexibility index (Phi) is 5.54. The van der Waals surface area contributed by atoms with Gasteiger partial charge in [0.2, 0.25) is 0 Å². The summed E-state index contributed by atoms with van der Waals surface area (Å²) >= 11 is 0. The Morgan fingerprint density at radius 1 is 1.18 bits per heavy atom. The van der Waals surface area contributed by atoms with Gasteiger partial charge in [0, 0.05) is 12.3 Å². The molecule has 3 rings (SSSR count). The molecule has 1 N–H and O–H groups in total. The number of benzene rings is 1. The van der Waals surface area contributed by atoms with Gasteiger partial charge in [0.05, 0.1) is 0 Å². The van der Waals surface area contributed by atoms with E-state index < -0.39 is 0 Å². The van der Waals surface area contributed by atoms with Gasteiger partial charge >= 0.3 is 0 Å². The first kappa shape index (κ1) is 20.1. The molecule has 0 fully saturated rings. The number of hydrogen-bond donors (Lipinski definition) is 1. The molecule has 0 saturated carbocycles. The van der Waals surface area contributed by atoms with Crippen LogP contribution < -0.4 is 0 Å². The van der Waals surface area contributed by atoms with Crippen LogP contribution in [0.5, 0.6) is 0 Å². The van der Waals surface area contributed by atoms with Crippen LogP contribution in [0.2, 0.25) is 0 Å². The molecule has 1 aromatic heterocycles. The molecule has 1 heterocycles. The standard InChI is InChI=1S/C23H29N3O2/c1-15(2)21(27)13-11-16-10-12-17(23(3,4)5)22(28)20(14-16)26-24-18-8-6-7-9-19(18)25-26/h6-9,12,14-15,28H,10-11,13H2,1-5H3. The number of carbonyl (C=O) groups excluding carboxylic acids is 1. The number of nitrogens with zero attached hydrogens (tertiary/aromatic N) is 3. The zero-order chi connectivity index (χ0) is 20.5. The van der Waals surface area contributed by atoms with E-state index in [-0.39, 0.29) is 22.9 Å². The predicted molar refractivity (Wildman–Crippen MR) is 113 cm³/mol. The maximum Gasteiger partial charge on any atom is 0.146 e. The minimum absolute atomic E-state index is 0.0357. The maximum atomic E-state index is 12.1. The van der Waals surface area contributed by atoms with Crippen molar-refractivity contribution < 1.29 is 9.90 Å². The first-order valence-electron chi connectivity index (χ1n) is 9.85. The van der Waals surface area contributed by atoms with Crippen molar-refractivity contribution >= 4 is 22.5 Å². The predicted octanol–water partition coefficient (Wildman–Crippen LogP) is 5.47. The third kappa shape index (κ3) is 4.24. The summed E-state index contributed by atoms with van der Waals surface area (Å²) in [5, 5.41) is 20.2. The van der Waals surface area contributed by atoms with Crippen molar-refractivity contribution in [2.45, 2.75) is 53.9 Å². The molecule has 28 heavy (non-hydrogen) atoms. The molecule has 0 bridgehead atoms. The fourth-order valence-corrected chi connectivity index (χ4v) is 3.32. The summed E-state index contributed by atoms with van der Waals surface area (Å²) in [6.07, 6.45) is 5.88. The number of rotatable bonds is 5. The van der Waals surface area contributed by atoms with Gasteiger partial charge in [-0.25, -0.2) is 0 Å². The van der Waals surface area contributed by atoms with Gasteiger partial charge in [0.15, 0.2) is 0 Å². The van der Waals surface area contributed by atoms with Crippen molar-refractivity contribution in [2.75, 3.05) is 0 Å². The van der Waals surface area contributed by atoms with Crippen LogP contribution in [-0.2, 0) is 4.79 Å². The lowest BCUT2D eigenvalue weighted by molar-refractivity contribution is -0.121. The first-order chi connectivity index (χ1) is 13.2. The molecule has 1 aromatic carbocycles. The van der Waals surface area contributed by atoms with Crippen molar-refractivity contribution in [3.63, 3.8) is 0 Å². The minimum Gasteiger partial charge on any atom is -0.505 e. The summed E-state index contributed by atoms with van der Waals surface area (Å²) in [5.41, 5.74) is 3.85. The molecule has 0 radical (unpaired) electrons. The summed E-state index contributed by atoms with van der Waals surface area (Å²) in [4.78, 5) is 13.6. The normalized spacial score (nSPS) is 15.6. The smallest absolute Gasteiger partial charge is 0.146 e. The molecule has 0 unspecified atom stereocenters. The Hall–Kier alpha value is -2.69. The number of carbonyl (C=O) groups is 1. The first-order valence-corrected chi connectivity index (χ1v) is 9.85. The van der Waals surface area contributed by atoms with Crippen LogP contribution in [0.1, 0.15) is 53.9 Å². The van der Waals surface area contributed by atoms with Crippen LogP contribution >= 0.6 is 0 Å². The lowest BCUT2D eigenvalue weighted by Gasteiger charge is -2.23. The molecular weight excluding hydrogens is 350 g/mol. The number of fused-ring (bicyclic) bond motifs is 1. The minimum atomic E-state index is -0.223. The van der Waals surface area contributed by atoms with E-state index in [4.69, 9.17) is 0 Å². The highest BCUT2D eigenvalue weighted by atomic mass is 16.3. The second-order valence-corrected chi connectivity index (χ2v) is 8.71. The molecule has 0 spiro atoms. The molecule has 0 amide bonds. The average Bonchev–Trinajstić information content (AvgIpc) is 2.97. The fourth-order valence-electron chi connectivity index (χ4n) is 3.32. The van der Waals surface area contributed by atoms with E-state index in [0.717, 1.165) is 22.2 Å². The van der Waals surface area contributed by atoms with E-state index in [1.165, 1.54) is 4.80 Å². The van der Waals surface area contributed by atoms with Crippen molar-refractivity contribution in [3.8, 4) is 0 Å². The van der Waals surface area contributed by atoms with Gasteiger partial charge in [0.1, 0.15) is 28.3 Å². The molecular formula is C23H29N3O2. The second-order valence-electron chi connectivity index (χ2n) is 8.71. The van der Waals surface area contributed by atoms with Crippen LogP contribution in [0.25, 0.3) is 16.7 Å². The Bertz CT molecular complexity index is 952. The summed E-state index contributed by atoms with van der Waals surface area (Å²) in [5.74, 6) is 0.481. The van der Waals surface area contributed by atoms with Crippen LogP contribution in [0, 0.1) is 11.3 Å². The van der Waals surface area contributed by atoms with Gasteiger partial charge in [-0.1, -0.05) is 58.4 Å². The highest BCUT2D eigenvalue weighted by molar-refractivity contribution is 5.80. The second kappa shape index (κ2) is 7.74. The van der Waals surface area contributed by atoms with E-state index in [0.29, 0.717) is 25.0 Å². The van der Waals surface area contributed by atoms with Crippen molar-refractivity contribution in [2.24, 2.45) is 11.3 Å². The van der Waals surface area contributed by atoms with E-state index in [2.05, 4.69) is 37.0 Å². The van der Waals surface area contributed by atoms with Gasteiger partial charge in [-0.15, -0.1) is 15.0 Å². The third-order valence-corrected chi connectivity index (χ3v) is 5.05. The van der Waals surface area contributed by atoms with Gasteiger partial charge in [-0.05, 0) is 42.0 Å². The number of aromatic nitrogens is 3. The maximum absolute atomic E-state index is 12.1. The number of aliphatic hydroxyl groups excluding tert-OH is 1. The van der Waals surface area contributed by atoms with Crippen LogP contribution in [0.15, 0.2) is 53.3 Å². The monoisotopic (exact) mass is 379 g/mol. The van der Waals surface area contributed by atoms with Crippen molar-refractivity contribution in [3.05, 3.63) is 53.3 Å². The Labute approximate surface area is 166 Å². The number of Topliss-reactive ketones (excluding diaryl/α,β-unsaturated/α-hetero) is 1. The van der Waals surface area contributed by atoms with Gasteiger partial charge < -0.3 is 5.11 Å². The SMILES string of the molecule is CC(C)C(=O)CCC1=CC(n2nc3ccccc3n2)=C(O)C(C(C)(C)C)=CC1. The fraction of sp³-hybridized carbons (Fsp3) is 0.435. The lowest BCUT2D eigenvalue weighted by atomic mass is 9.84. The average molecular weight is 380 g/mol. The highest BCUT2D eigenvalue weighted by Gasteiger charge is 2.26. The summed E-state index contributed by atoms with van der Waals surface area (Å²) in [7, 11) is 0.